The minimum atomic E-state index is 0.465. The molecule has 2 nitrogen and oxygen atoms in total. The second-order valence-electron chi connectivity index (χ2n) is 4.12. The van der Waals surface area contributed by atoms with Crippen LogP contribution in [0, 0.1) is 0 Å². The highest BCUT2D eigenvalue weighted by Gasteiger charge is 2.13. The number of imidazole rings is 1. The van der Waals surface area contributed by atoms with E-state index in [9.17, 15) is 0 Å². The number of hydrogen-bond donors (Lipinski definition) is 0. The molecular formula is C13H16N2S. The Balaban J connectivity index is 2.31. The second-order valence-corrected chi connectivity index (χ2v) is 5.18. The Morgan fingerprint density at radius 2 is 1.88 bits per heavy atom. The molecule has 0 aliphatic heterocycles. The summed E-state index contributed by atoms with van der Waals surface area (Å²) in [6.07, 6.45) is 1.89. The third-order valence-electron chi connectivity index (χ3n) is 2.41. The molecule has 0 unspecified atom stereocenters. The van der Waals surface area contributed by atoms with Gasteiger partial charge in [-0.15, -0.1) is 0 Å². The fraction of sp³-hybridized carbons (Fsp3) is 0.308. The predicted molar refractivity (Wildman–Crippen MR) is 67.9 cm³/mol. The summed E-state index contributed by atoms with van der Waals surface area (Å²) in [4.78, 5) is 5.71. The lowest BCUT2D eigenvalue weighted by Gasteiger charge is -2.07. The van der Waals surface area contributed by atoms with Gasteiger partial charge in [-0.1, -0.05) is 43.8 Å². The van der Waals surface area contributed by atoms with Crippen molar-refractivity contribution in [3.8, 4) is 0 Å². The third kappa shape index (κ3) is 2.30. The number of aryl methyl sites for hydroxylation is 1. The maximum Gasteiger partial charge on any atom is 0.103 e. The van der Waals surface area contributed by atoms with Crippen molar-refractivity contribution in [2.45, 2.75) is 29.7 Å². The van der Waals surface area contributed by atoms with Crippen molar-refractivity contribution in [3.63, 3.8) is 0 Å². The average Bonchev–Trinajstić information content (AvgIpc) is 2.62. The van der Waals surface area contributed by atoms with Crippen molar-refractivity contribution in [2.24, 2.45) is 7.05 Å². The first-order valence-electron chi connectivity index (χ1n) is 5.42. The van der Waals surface area contributed by atoms with Crippen molar-refractivity contribution >= 4 is 11.8 Å². The Bertz CT molecular complexity index is 460. The topological polar surface area (TPSA) is 17.8 Å². The van der Waals surface area contributed by atoms with Gasteiger partial charge in [0.1, 0.15) is 5.03 Å². The SMILES string of the molecule is CC(C)c1ncn(C)c1Sc1ccccc1. The van der Waals surface area contributed by atoms with Crippen LogP contribution in [0.3, 0.4) is 0 Å². The summed E-state index contributed by atoms with van der Waals surface area (Å²) < 4.78 is 2.09. The van der Waals surface area contributed by atoms with Crippen molar-refractivity contribution in [2.75, 3.05) is 0 Å². The van der Waals surface area contributed by atoms with Gasteiger partial charge in [-0.05, 0) is 18.1 Å². The highest BCUT2D eigenvalue weighted by molar-refractivity contribution is 7.99. The van der Waals surface area contributed by atoms with E-state index in [1.54, 1.807) is 11.8 Å². The summed E-state index contributed by atoms with van der Waals surface area (Å²) >= 11 is 1.78. The zero-order chi connectivity index (χ0) is 11.5. The Kier molecular flexibility index (Phi) is 3.34. The number of benzene rings is 1. The summed E-state index contributed by atoms with van der Waals surface area (Å²) in [6.45, 7) is 4.36. The molecule has 0 aliphatic carbocycles. The lowest BCUT2D eigenvalue weighted by Crippen LogP contribution is -1.93. The highest BCUT2D eigenvalue weighted by atomic mass is 32.2. The van der Waals surface area contributed by atoms with Gasteiger partial charge in [0, 0.05) is 11.9 Å². The average molecular weight is 232 g/mol. The minimum absolute atomic E-state index is 0.465. The van der Waals surface area contributed by atoms with Gasteiger partial charge >= 0.3 is 0 Å². The second kappa shape index (κ2) is 4.74. The lowest BCUT2D eigenvalue weighted by molar-refractivity contribution is 0.764. The van der Waals surface area contributed by atoms with Crippen LogP contribution in [0.1, 0.15) is 25.5 Å². The lowest BCUT2D eigenvalue weighted by atomic mass is 10.2. The standard InChI is InChI=1S/C13H16N2S/c1-10(2)12-13(15(3)9-14-12)16-11-7-5-4-6-8-11/h4-10H,1-3H3. The van der Waals surface area contributed by atoms with Gasteiger partial charge in [0.05, 0.1) is 12.0 Å². The van der Waals surface area contributed by atoms with Gasteiger partial charge in [0.2, 0.25) is 0 Å². The molecule has 0 aliphatic rings. The summed E-state index contributed by atoms with van der Waals surface area (Å²) in [6, 6.07) is 10.4. The molecule has 0 saturated heterocycles. The van der Waals surface area contributed by atoms with E-state index in [1.165, 1.54) is 15.6 Å². The summed E-state index contributed by atoms with van der Waals surface area (Å²) in [5.41, 5.74) is 1.18. The fourth-order valence-electron chi connectivity index (χ4n) is 1.56. The fourth-order valence-corrected chi connectivity index (χ4v) is 2.66. The molecule has 0 saturated carbocycles. The third-order valence-corrected chi connectivity index (χ3v) is 3.61. The number of aromatic nitrogens is 2. The maximum atomic E-state index is 4.45. The van der Waals surface area contributed by atoms with Gasteiger partial charge in [-0.25, -0.2) is 4.98 Å². The molecule has 0 spiro atoms. The van der Waals surface area contributed by atoms with Crippen LogP contribution in [0.2, 0.25) is 0 Å². The van der Waals surface area contributed by atoms with E-state index < -0.39 is 0 Å². The van der Waals surface area contributed by atoms with E-state index in [-0.39, 0.29) is 0 Å². The van der Waals surface area contributed by atoms with Crippen LogP contribution in [0.4, 0.5) is 0 Å². The van der Waals surface area contributed by atoms with Gasteiger partial charge in [-0.3, -0.25) is 0 Å². The maximum absolute atomic E-state index is 4.45. The van der Waals surface area contributed by atoms with E-state index in [1.807, 2.05) is 19.4 Å². The van der Waals surface area contributed by atoms with E-state index >= 15 is 0 Å². The van der Waals surface area contributed by atoms with Crippen LogP contribution in [-0.2, 0) is 7.05 Å². The Hall–Kier alpha value is -1.22. The molecule has 0 atom stereocenters. The Labute approximate surface area is 101 Å². The van der Waals surface area contributed by atoms with Crippen LogP contribution in [0.15, 0.2) is 46.6 Å². The van der Waals surface area contributed by atoms with Crippen LogP contribution in [0.25, 0.3) is 0 Å². The molecule has 84 valence electrons. The van der Waals surface area contributed by atoms with Crippen molar-refractivity contribution in [3.05, 3.63) is 42.4 Å². The molecule has 2 rings (SSSR count). The van der Waals surface area contributed by atoms with Crippen molar-refractivity contribution in [1.29, 1.82) is 0 Å². The molecule has 1 heterocycles. The zero-order valence-corrected chi connectivity index (χ0v) is 10.7. The van der Waals surface area contributed by atoms with Gasteiger partial charge < -0.3 is 4.57 Å². The zero-order valence-electron chi connectivity index (χ0n) is 9.84. The van der Waals surface area contributed by atoms with Crippen LogP contribution >= 0.6 is 11.8 Å². The summed E-state index contributed by atoms with van der Waals surface area (Å²) in [5.74, 6) is 0.465. The predicted octanol–water partition coefficient (Wildman–Crippen LogP) is 3.69. The highest BCUT2D eigenvalue weighted by Crippen LogP contribution is 2.32. The molecule has 0 amide bonds. The molecule has 2 aromatic rings. The summed E-state index contributed by atoms with van der Waals surface area (Å²) in [5, 5.41) is 1.24. The Morgan fingerprint density at radius 1 is 1.19 bits per heavy atom. The molecule has 3 heteroatoms. The molecule has 0 fully saturated rings. The van der Waals surface area contributed by atoms with Crippen LogP contribution < -0.4 is 0 Å². The molecular weight excluding hydrogens is 216 g/mol. The molecule has 16 heavy (non-hydrogen) atoms. The Morgan fingerprint density at radius 3 is 2.50 bits per heavy atom. The first kappa shape index (κ1) is 11.3. The van der Waals surface area contributed by atoms with Crippen molar-refractivity contribution < 1.29 is 0 Å². The quantitative estimate of drug-likeness (QED) is 0.803. The van der Waals surface area contributed by atoms with E-state index in [0.717, 1.165) is 0 Å². The summed E-state index contributed by atoms with van der Waals surface area (Å²) in [7, 11) is 2.05. The molecule has 0 bridgehead atoms. The monoisotopic (exact) mass is 232 g/mol. The number of hydrogen-bond acceptors (Lipinski definition) is 2. The van der Waals surface area contributed by atoms with Crippen molar-refractivity contribution in [1.82, 2.24) is 9.55 Å². The van der Waals surface area contributed by atoms with E-state index in [4.69, 9.17) is 0 Å². The largest absolute Gasteiger partial charge is 0.328 e. The van der Waals surface area contributed by atoms with Crippen LogP contribution in [0.5, 0.6) is 0 Å². The molecule has 1 aromatic carbocycles. The first-order chi connectivity index (χ1) is 7.68. The number of rotatable bonds is 3. The van der Waals surface area contributed by atoms with Gasteiger partial charge in [0.25, 0.3) is 0 Å². The minimum Gasteiger partial charge on any atom is -0.328 e. The van der Waals surface area contributed by atoms with E-state index in [0.29, 0.717) is 5.92 Å². The first-order valence-corrected chi connectivity index (χ1v) is 6.24. The molecule has 0 radical (unpaired) electrons. The van der Waals surface area contributed by atoms with Gasteiger partial charge in [0.15, 0.2) is 0 Å². The van der Waals surface area contributed by atoms with Gasteiger partial charge in [-0.2, -0.15) is 0 Å². The number of nitrogens with zero attached hydrogens (tertiary/aromatic N) is 2. The van der Waals surface area contributed by atoms with Crippen LogP contribution in [-0.4, -0.2) is 9.55 Å². The normalized spacial score (nSPS) is 11.0. The molecule has 0 N–H and O–H groups in total. The van der Waals surface area contributed by atoms with E-state index in [2.05, 4.69) is 47.7 Å². The smallest absolute Gasteiger partial charge is 0.103 e. The molecule has 1 aromatic heterocycles.